The van der Waals surface area contributed by atoms with Crippen LogP contribution in [0.1, 0.15) is 0 Å². The summed E-state index contributed by atoms with van der Waals surface area (Å²) < 4.78 is 0. The minimum absolute atomic E-state index is 0. The third-order valence-electron chi connectivity index (χ3n) is 0. The molecule has 0 unspecified atom stereocenters. The molecule has 0 aromatic rings. The summed E-state index contributed by atoms with van der Waals surface area (Å²) in [6, 6.07) is 0. The van der Waals surface area contributed by atoms with E-state index in [-0.39, 0.29) is 17.0 Å². The van der Waals surface area contributed by atoms with E-state index in [1.807, 2.05) is 0 Å². The van der Waals surface area contributed by atoms with Gasteiger partial charge in [0.15, 0.2) is 0 Å². The summed E-state index contributed by atoms with van der Waals surface area (Å²) in [4.78, 5) is 0. The molecule has 28 valence electrons. The van der Waals surface area contributed by atoms with Gasteiger partial charge in [-0.05, 0) is 0 Å². The molecule has 0 rings (SSSR count). The summed E-state index contributed by atoms with van der Waals surface area (Å²) in [5.74, 6) is 0. The van der Waals surface area contributed by atoms with Gasteiger partial charge < -0.3 is 0 Å². The minimum Gasteiger partial charge on any atom is -0.124 e. The Labute approximate surface area is 43.4 Å². The van der Waals surface area contributed by atoms with Crippen molar-refractivity contribution in [2.24, 2.45) is 0 Å². The summed E-state index contributed by atoms with van der Waals surface area (Å²) in [6.07, 6.45) is 16.0. The van der Waals surface area contributed by atoms with Crippen LogP contribution in [-0.4, -0.2) is 0 Å². The number of rotatable bonds is 0. The number of hydrogen-bond acceptors (Lipinski definition) is 0. The molecule has 5 heavy (non-hydrogen) atoms. The second kappa shape index (κ2) is 152. The van der Waals surface area contributed by atoms with Gasteiger partial charge >= 0.3 is 0 Å². The highest BCUT2D eigenvalue weighted by Gasteiger charge is 0.456. The van der Waals surface area contributed by atoms with E-state index in [0.29, 0.717) is 0 Å². The van der Waals surface area contributed by atoms with Crippen LogP contribution in [0.15, 0.2) is 0 Å². The zero-order valence-electron chi connectivity index (χ0n) is 2.72. The molecule has 1 heteroatoms. The Morgan fingerprint density at radius 1 is 0.600 bits per heavy atom. The molecule has 0 saturated carbocycles. The van der Waals surface area contributed by atoms with Gasteiger partial charge in [0.1, 0.15) is 0 Å². The molecule has 0 aliphatic carbocycles. The molecule has 0 radical (unpaired) electrons. The third-order valence-corrected chi connectivity index (χ3v) is 0. The van der Waals surface area contributed by atoms with E-state index in [0.717, 1.165) is 0 Å². The van der Waals surface area contributed by atoms with Gasteiger partial charge in [-0.3, -0.25) is 0 Å². The molecule has 0 bridgehead atoms. The van der Waals surface area contributed by atoms with Gasteiger partial charge in [-0.1, -0.05) is 0 Å². The van der Waals surface area contributed by atoms with Crippen LogP contribution in [-0.2, 0) is 0 Å². The highest BCUT2D eigenvalue weighted by molar-refractivity contribution is 8.93. The molecule has 0 aromatic carbocycles. The molecule has 0 spiro atoms. The molecular weight excluding hydrogens is 128 g/mol. The maximum Gasteiger partial charge on any atom is -0.114 e. The van der Waals surface area contributed by atoms with Crippen LogP contribution >= 0.6 is 17.0 Å². The number of halogens is 1. The Bertz CT molecular complexity index is 19.1. The van der Waals surface area contributed by atoms with Crippen molar-refractivity contribution in [3.8, 4) is 25.7 Å². The highest BCUT2D eigenvalue weighted by atomic mass is 79.9. The Kier molecular flexibility index (Phi) is 708. The van der Waals surface area contributed by atoms with Crippen molar-refractivity contribution in [2.45, 2.75) is 0 Å². The molecule has 0 heterocycles. The van der Waals surface area contributed by atoms with Crippen molar-refractivity contribution in [2.75, 3.05) is 0 Å². The van der Waals surface area contributed by atoms with Crippen molar-refractivity contribution in [3.05, 3.63) is 0 Å². The van der Waals surface area contributed by atoms with Crippen LogP contribution in [0.2, 0.25) is 0 Å². The topological polar surface area (TPSA) is 0 Å². The monoisotopic (exact) mass is 132 g/mol. The molecule has 0 fully saturated rings. The van der Waals surface area contributed by atoms with E-state index < -0.39 is 0 Å². The van der Waals surface area contributed by atoms with Gasteiger partial charge in [0.2, 0.25) is 0 Å². The Morgan fingerprint density at radius 3 is 0.600 bits per heavy atom. The zero-order valence-corrected chi connectivity index (χ0v) is 4.43. The Morgan fingerprint density at radius 2 is 0.600 bits per heavy atom. The molecule has 0 saturated heterocycles. The number of terminal acetylenes is 2. The second-order valence-electron chi connectivity index (χ2n) is 0. The quantitative estimate of drug-likeness (QED) is 0.433. The first kappa shape index (κ1) is 23.3. The molecule has 0 aliphatic heterocycles. The minimum atomic E-state index is 0. The van der Waals surface area contributed by atoms with Gasteiger partial charge in [0.25, 0.3) is 0 Å². The summed E-state index contributed by atoms with van der Waals surface area (Å²) >= 11 is 0. The van der Waals surface area contributed by atoms with Crippen LogP contribution < -0.4 is 0 Å². The smallest absolute Gasteiger partial charge is 0.114 e. The van der Waals surface area contributed by atoms with Gasteiger partial charge in [0, 0.05) is 0 Å². The average molecular weight is 133 g/mol. The van der Waals surface area contributed by atoms with Crippen LogP contribution in [0.3, 0.4) is 0 Å². The molecule has 0 nitrogen and oxygen atoms in total. The standard InChI is InChI=1S/2C2H2.BrH/c2*1-2;/h2*1-2H;1H. The predicted octanol–water partition coefficient (Wildman–Crippen LogP) is 1.08. The normalized spacial score (nSPS) is 0.800. The lowest BCUT2D eigenvalue weighted by atomic mass is 11.4. The van der Waals surface area contributed by atoms with E-state index in [4.69, 9.17) is 0 Å². The van der Waals surface area contributed by atoms with Crippen molar-refractivity contribution in [1.82, 2.24) is 0 Å². The van der Waals surface area contributed by atoms with Crippen LogP contribution in [0.25, 0.3) is 0 Å². The second-order valence-corrected chi connectivity index (χ2v) is 0. The average Bonchev–Trinajstić information content (AvgIpc) is 1.50. The summed E-state index contributed by atoms with van der Waals surface area (Å²) in [5, 5.41) is 0. The molecule has 0 atom stereocenters. The summed E-state index contributed by atoms with van der Waals surface area (Å²) in [5.41, 5.74) is 0. The van der Waals surface area contributed by atoms with Crippen LogP contribution in [0.4, 0.5) is 0 Å². The fourth-order valence-electron chi connectivity index (χ4n) is 0. The first-order valence-electron chi connectivity index (χ1n) is 0.667. The first-order valence-corrected chi connectivity index (χ1v) is 0.667. The lowest BCUT2D eigenvalue weighted by molar-refractivity contribution is 3.31. The first-order chi connectivity index (χ1) is 2.00. The van der Waals surface area contributed by atoms with Crippen LogP contribution in [0, 0.1) is 25.7 Å². The van der Waals surface area contributed by atoms with Crippen molar-refractivity contribution in [3.63, 3.8) is 0 Å². The maximum absolute atomic E-state index is 4.00. The molecule has 0 amide bonds. The lowest BCUT2D eigenvalue weighted by Crippen LogP contribution is -0.576. The van der Waals surface area contributed by atoms with Crippen molar-refractivity contribution in [1.29, 1.82) is 0 Å². The van der Waals surface area contributed by atoms with E-state index >= 15 is 0 Å². The Balaban J connectivity index is -0.0000000133. The maximum atomic E-state index is 4.00. The van der Waals surface area contributed by atoms with Crippen molar-refractivity contribution < 1.29 is 0 Å². The predicted molar refractivity (Wildman–Crippen MR) is 30.1 cm³/mol. The highest BCUT2D eigenvalue weighted by Crippen LogP contribution is 0.846. The molecule has 0 aliphatic rings. The molecular formula is C4H5Br. The largest absolute Gasteiger partial charge is 0.124 e. The van der Waals surface area contributed by atoms with E-state index in [1.54, 1.807) is 0 Å². The van der Waals surface area contributed by atoms with Gasteiger partial charge in [-0.15, -0.1) is 42.7 Å². The summed E-state index contributed by atoms with van der Waals surface area (Å²) in [6.45, 7) is 0. The van der Waals surface area contributed by atoms with Gasteiger partial charge in [-0.2, -0.15) is 0 Å². The molecule has 0 aromatic heterocycles. The van der Waals surface area contributed by atoms with E-state index in [2.05, 4.69) is 25.7 Å². The van der Waals surface area contributed by atoms with Crippen molar-refractivity contribution >= 4 is 17.0 Å². The fourth-order valence-corrected chi connectivity index (χ4v) is 0. The lowest BCUT2D eigenvalue weighted by Gasteiger charge is -0.701. The van der Waals surface area contributed by atoms with Gasteiger partial charge in [-0.25, -0.2) is 0 Å². The van der Waals surface area contributed by atoms with Crippen LogP contribution in [0.5, 0.6) is 0 Å². The number of hydrogen-bond donors (Lipinski definition) is 0. The third kappa shape index (κ3) is 57.6. The fraction of sp³-hybridized carbons (Fsp3) is 0. The summed E-state index contributed by atoms with van der Waals surface area (Å²) in [7, 11) is 0. The van der Waals surface area contributed by atoms with Gasteiger partial charge in [0.05, 0.1) is 0 Å². The molecule has 0 N–H and O–H groups in total. The van der Waals surface area contributed by atoms with E-state index in [1.165, 1.54) is 0 Å². The SMILES string of the molecule is Br.C#C.C#C. The zero-order chi connectivity index (χ0) is 4.00. The Hall–Kier alpha value is -0.400. The van der Waals surface area contributed by atoms with E-state index in [9.17, 15) is 0 Å².